The topological polar surface area (TPSA) is 64.4 Å². The van der Waals surface area contributed by atoms with Gasteiger partial charge in [-0.3, -0.25) is 4.79 Å². The van der Waals surface area contributed by atoms with Crippen LogP contribution in [0, 0.1) is 5.92 Å². The van der Waals surface area contributed by atoms with Gasteiger partial charge in [-0.15, -0.1) is 0 Å². The number of benzene rings is 1. The third-order valence-corrected chi connectivity index (χ3v) is 5.04. The van der Waals surface area contributed by atoms with Gasteiger partial charge in [-0.1, -0.05) is 44.2 Å². The van der Waals surface area contributed by atoms with Gasteiger partial charge in [0.2, 0.25) is 5.91 Å². The van der Waals surface area contributed by atoms with Crippen molar-refractivity contribution in [2.75, 3.05) is 13.2 Å². The lowest BCUT2D eigenvalue weighted by Crippen LogP contribution is -2.53. The molecule has 4 heteroatoms. The van der Waals surface area contributed by atoms with Crippen LogP contribution in [-0.2, 0) is 14.9 Å². The molecule has 1 amide bonds. The number of hydrogen-bond acceptors (Lipinski definition) is 3. The molecule has 1 heterocycles. The average Bonchev–Trinajstić information content (AvgIpc) is 2.55. The number of hydrogen-bond donors (Lipinski definition) is 2. The molecule has 122 valence electrons. The highest BCUT2D eigenvalue weighted by Gasteiger charge is 2.32. The molecule has 1 aromatic rings. The lowest BCUT2D eigenvalue weighted by molar-refractivity contribution is -0.125. The minimum absolute atomic E-state index is 0.00768. The Hall–Kier alpha value is -1.39. The van der Waals surface area contributed by atoms with E-state index in [9.17, 15) is 4.79 Å². The molecule has 22 heavy (non-hydrogen) atoms. The molecule has 1 fully saturated rings. The van der Waals surface area contributed by atoms with Crippen LogP contribution in [0.5, 0.6) is 0 Å². The fraction of sp³-hybridized carbons (Fsp3) is 0.611. The lowest BCUT2D eigenvalue weighted by Gasteiger charge is -2.35. The summed E-state index contributed by atoms with van der Waals surface area (Å²) in [5, 5.41) is 3.11. The highest BCUT2D eigenvalue weighted by atomic mass is 16.5. The third-order valence-electron chi connectivity index (χ3n) is 5.04. The molecule has 0 aliphatic carbocycles. The number of ether oxygens (including phenoxy) is 1. The summed E-state index contributed by atoms with van der Waals surface area (Å²) < 4.78 is 5.34. The Balaban J connectivity index is 1.98. The molecule has 0 spiro atoms. The van der Waals surface area contributed by atoms with Crippen LogP contribution in [0.2, 0.25) is 0 Å². The second-order valence-corrected chi connectivity index (χ2v) is 6.79. The molecule has 2 atom stereocenters. The number of carbonyl (C=O) groups is 1. The maximum absolute atomic E-state index is 12.5. The van der Waals surface area contributed by atoms with Crippen LogP contribution in [0.4, 0.5) is 0 Å². The first-order valence-electron chi connectivity index (χ1n) is 8.12. The van der Waals surface area contributed by atoms with E-state index in [4.69, 9.17) is 10.5 Å². The van der Waals surface area contributed by atoms with E-state index in [2.05, 4.69) is 31.3 Å². The zero-order valence-corrected chi connectivity index (χ0v) is 13.8. The molecule has 2 rings (SSSR count). The van der Waals surface area contributed by atoms with Gasteiger partial charge in [0.25, 0.3) is 0 Å². The molecule has 0 saturated carbocycles. The Morgan fingerprint density at radius 2 is 1.86 bits per heavy atom. The van der Waals surface area contributed by atoms with Gasteiger partial charge >= 0.3 is 0 Å². The predicted molar refractivity (Wildman–Crippen MR) is 88.6 cm³/mol. The van der Waals surface area contributed by atoms with Gasteiger partial charge in [0, 0.05) is 24.7 Å². The maximum Gasteiger partial charge on any atom is 0.237 e. The van der Waals surface area contributed by atoms with Crippen molar-refractivity contribution in [3.63, 3.8) is 0 Å². The Morgan fingerprint density at radius 1 is 1.27 bits per heavy atom. The van der Waals surface area contributed by atoms with E-state index >= 15 is 0 Å². The number of nitrogens with two attached hydrogens (primary N) is 1. The second kappa shape index (κ2) is 7.25. The van der Waals surface area contributed by atoms with Crippen molar-refractivity contribution in [3.8, 4) is 0 Å². The van der Waals surface area contributed by atoms with Gasteiger partial charge in [0.15, 0.2) is 0 Å². The van der Waals surface area contributed by atoms with Crippen LogP contribution in [0.25, 0.3) is 0 Å². The van der Waals surface area contributed by atoms with Crippen molar-refractivity contribution in [2.24, 2.45) is 11.7 Å². The molecule has 0 bridgehead atoms. The fourth-order valence-corrected chi connectivity index (χ4v) is 2.90. The molecule has 3 N–H and O–H groups in total. The largest absolute Gasteiger partial charge is 0.381 e. The number of rotatable bonds is 5. The molecule has 1 aliphatic rings. The summed E-state index contributed by atoms with van der Waals surface area (Å²) in [6.07, 6.45) is 1.73. The molecule has 4 nitrogen and oxygen atoms in total. The maximum atomic E-state index is 12.5. The Morgan fingerprint density at radius 3 is 2.45 bits per heavy atom. The van der Waals surface area contributed by atoms with Crippen LogP contribution in [0.15, 0.2) is 30.3 Å². The number of nitrogens with one attached hydrogen (secondary N) is 1. The summed E-state index contributed by atoms with van der Waals surface area (Å²) in [5.74, 6) is 0.171. The smallest absolute Gasteiger partial charge is 0.237 e. The lowest BCUT2D eigenvalue weighted by atomic mass is 9.78. The van der Waals surface area contributed by atoms with Gasteiger partial charge in [-0.2, -0.15) is 0 Å². The normalized spacial score (nSPS) is 19.5. The molecule has 1 saturated heterocycles. The first-order valence-corrected chi connectivity index (χ1v) is 8.12. The van der Waals surface area contributed by atoms with Gasteiger partial charge in [0.05, 0.1) is 6.04 Å². The number of carbonyl (C=O) groups excluding carboxylic acids is 1. The van der Waals surface area contributed by atoms with Crippen LogP contribution >= 0.6 is 0 Å². The highest BCUT2D eigenvalue weighted by Crippen LogP contribution is 2.27. The standard InChI is InChI=1S/C18H28N2O2/c1-13(18(2,3)15-7-5-4-6-8-15)20-17(21)16(19)14-9-11-22-12-10-14/h4-8,13-14,16H,9-12,19H2,1-3H3,(H,20,21). The van der Waals surface area contributed by atoms with Gasteiger partial charge in [-0.25, -0.2) is 0 Å². The zero-order valence-electron chi connectivity index (χ0n) is 13.8. The van der Waals surface area contributed by atoms with Crippen molar-refractivity contribution in [1.29, 1.82) is 0 Å². The first kappa shape index (κ1) is 17.0. The summed E-state index contributed by atoms with van der Waals surface area (Å²) in [6.45, 7) is 7.75. The van der Waals surface area contributed by atoms with E-state index < -0.39 is 6.04 Å². The van der Waals surface area contributed by atoms with Crippen LogP contribution in [0.1, 0.15) is 39.2 Å². The van der Waals surface area contributed by atoms with E-state index in [1.54, 1.807) is 0 Å². The fourth-order valence-electron chi connectivity index (χ4n) is 2.90. The molecule has 0 aromatic heterocycles. The van der Waals surface area contributed by atoms with E-state index in [0.29, 0.717) is 13.2 Å². The summed E-state index contributed by atoms with van der Waals surface area (Å²) >= 11 is 0. The predicted octanol–water partition coefficient (Wildman–Crippen LogP) is 2.22. The zero-order chi connectivity index (χ0) is 16.2. The monoisotopic (exact) mass is 304 g/mol. The Bertz CT molecular complexity index is 481. The second-order valence-electron chi connectivity index (χ2n) is 6.79. The molecule has 1 aliphatic heterocycles. The molecular weight excluding hydrogens is 276 g/mol. The minimum atomic E-state index is -0.446. The quantitative estimate of drug-likeness (QED) is 0.876. The van der Waals surface area contributed by atoms with Gasteiger partial charge < -0.3 is 15.8 Å². The van der Waals surface area contributed by atoms with Gasteiger partial charge in [-0.05, 0) is 31.2 Å². The highest BCUT2D eigenvalue weighted by molar-refractivity contribution is 5.82. The molecule has 2 unspecified atom stereocenters. The van der Waals surface area contributed by atoms with E-state index in [0.717, 1.165) is 12.8 Å². The Labute approximate surface area is 133 Å². The van der Waals surface area contributed by atoms with Crippen molar-refractivity contribution in [2.45, 2.75) is 51.1 Å². The van der Waals surface area contributed by atoms with Crippen molar-refractivity contribution in [1.82, 2.24) is 5.32 Å². The third kappa shape index (κ3) is 3.87. The minimum Gasteiger partial charge on any atom is -0.381 e. The van der Waals surface area contributed by atoms with Crippen molar-refractivity contribution >= 4 is 5.91 Å². The van der Waals surface area contributed by atoms with E-state index in [1.165, 1.54) is 5.56 Å². The molecule has 1 aromatic carbocycles. The molecule has 0 radical (unpaired) electrons. The van der Waals surface area contributed by atoms with Gasteiger partial charge in [0.1, 0.15) is 0 Å². The summed E-state index contributed by atoms with van der Waals surface area (Å²) in [5.41, 5.74) is 7.22. The summed E-state index contributed by atoms with van der Waals surface area (Å²) in [6, 6.07) is 9.82. The Kier molecular flexibility index (Phi) is 5.59. The van der Waals surface area contributed by atoms with Crippen molar-refractivity contribution < 1.29 is 9.53 Å². The van der Waals surface area contributed by atoms with Crippen LogP contribution < -0.4 is 11.1 Å². The number of amides is 1. The molecular formula is C18H28N2O2. The summed E-state index contributed by atoms with van der Waals surface area (Å²) in [4.78, 5) is 12.5. The van der Waals surface area contributed by atoms with Crippen LogP contribution in [0.3, 0.4) is 0 Å². The van der Waals surface area contributed by atoms with E-state index in [-0.39, 0.29) is 23.3 Å². The average molecular weight is 304 g/mol. The first-order chi connectivity index (χ1) is 10.4. The van der Waals surface area contributed by atoms with E-state index in [1.807, 2.05) is 25.1 Å². The van der Waals surface area contributed by atoms with Crippen molar-refractivity contribution in [3.05, 3.63) is 35.9 Å². The SMILES string of the molecule is CC(NC(=O)C(N)C1CCOCC1)C(C)(C)c1ccccc1. The van der Waals surface area contributed by atoms with Crippen LogP contribution in [-0.4, -0.2) is 31.2 Å². The summed E-state index contributed by atoms with van der Waals surface area (Å²) in [7, 11) is 0.